The minimum atomic E-state index is -0.199. The molecule has 24 heavy (non-hydrogen) atoms. The molecule has 1 aromatic carbocycles. The Bertz CT molecular complexity index is 806. The average Bonchev–Trinajstić information content (AvgIpc) is 2.67. The molecule has 0 aliphatic heterocycles. The third kappa shape index (κ3) is 3.76. The predicted octanol–water partition coefficient (Wildman–Crippen LogP) is 3.17. The highest BCUT2D eigenvalue weighted by atomic mass is 16.1. The molecule has 1 amide bonds. The fourth-order valence-corrected chi connectivity index (χ4v) is 2.33. The molecule has 0 saturated carbocycles. The van der Waals surface area contributed by atoms with Crippen molar-refractivity contribution in [2.75, 3.05) is 11.9 Å². The van der Waals surface area contributed by atoms with E-state index in [-0.39, 0.29) is 5.91 Å². The first-order valence-electron chi connectivity index (χ1n) is 7.66. The molecule has 0 fully saturated rings. The quantitative estimate of drug-likeness (QED) is 0.785. The first kappa shape index (κ1) is 15.7. The lowest BCUT2D eigenvalue weighted by atomic mass is 10.2. The van der Waals surface area contributed by atoms with Crippen molar-refractivity contribution in [3.8, 4) is 0 Å². The van der Waals surface area contributed by atoms with Crippen molar-refractivity contribution in [2.24, 2.45) is 0 Å². The molecule has 0 atom stereocenters. The van der Waals surface area contributed by atoms with Crippen molar-refractivity contribution in [1.29, 1.82) is 0 Å². The van der Waals surface area contributed by atoms with Gasteiger partial charge in [-0.25, -0.2) is 0 Å². The Morgan fingerprint density at radius 3 is 2.50 bits per heavy atom. The number of nitrogens with zero attached hydrogens (tertiary/aromatic N) is 3. The second-order valence-electron chi connectivity index (χ2n) is 5.33. The lowest BCUT2D eigenvalue weighted by molar-refractivity contribution is 0.0946. The maximum absolute atomic E-state index is 12.3. The molecule has 1 N–H and O–H groups in total. The van der Waals surface area contributed by atoms with E-state index in [9.17, 15) is 4.79 Å². The molecule has 5 nitrogen and oxygen atoms in total. The van der Waals surface area contributed by atoms with Crippen LogP contribution in [-0.4, -0.2) is 22.9 Å². The number of nitrogens with one attached hydrogen (secondary N) is 1. The van der Waals surface area contributed by atoms with E-state index in [4.69, 9.17) is 0 Å². The highest BCUT2D eigenvalue weighted by Crippen LogP contribution is 2.23. The molecule has 120 valence electrons. The van der Waals surface area contributed by atoms with Crippen LogP contribution in [-0.2, 0) is 6.54 Å². The number of benzene rings is 1. The van der Waals surface area contributed by atoms with Crippen molar-refractivity contribution >= 4 is 17.3 Å². The van der Waals surface area contributed by atoms with Gasteiger partial charge in [-0.1, -0.05) is 18.2 Å². The first-order chi connectivity index (χ1) is 11.7. The summed E-state index contributed by atoms with van der Waals surface area (Å²) in [6.07, 6.45) is 5.06. The SMILES string of the molecule is CN(c1ccccc1)c1ccnc(C(=O)NCc2ccncc2)c1. The third-order valence-electron chi connectivity index (χ3n) is 3.71. The summed E-state index contributed by atoms with van der Waals surface area (Å²) in [5.74, 6) is -0.199. The Balaban J connectivity index is 1.71. The van der Waals surface area contributed by atoms with Gasteiger partial charge >= 0.3 is 0 Å². The number of amides is 1. The summed E-state index contributed by atoms with van der Waals surface area (Å²) in [5, 5.41) is 2.87. The van der Waals surface area contributed by atoms with Crippen LogP contribution in [0.5, 0.6) is 0 Å². The number of rotatable bonds is 5. The zero-order valence-electron chi connectivity index (χ0n) is 13.4. The van der Waals surface area contributed by atoms with Crippen LogP contribution in [0.15, 0.2) is 73.2 Å². The van der Waals surface area contributed by atoms with Gasteiger partial charge in [0, 0.05) is 43.6 Å². The maximum Gasteiger partial charge on any atom is 0.270 e. The number of carbonyl (C=O) groups is 1. The smallest absolute Gasteiger partial charge is 0.270 e. The van der Waals surface area contributed by atoms with Crippen molar-refractivity contribution < 1.29 is 4.79 Å². The molecule has 3 rings (SSSR count). The van der Waals surface area contributed by atoms with Crippen LogP contribution in [0.2, 0.25) is 0 Å². The van der Waals surface area contributed by atoms with Crippen LogP contribution in [0.4, 0.5) is 11.4 Å². The Morgan fingerprint density at radius 1 is 1.00 bits per heavy atom. The summed E-state index contributed by atoms with van der Waals surface area (Å²) in [6.45, 7) is 0.446. The summed E-state index contributed by atoms with van der Waals surface area (Å²) in [5.41, 5.74) is 3.34. The highest BCUT2D eigenvalue weighted by Gasteiger charge is 2.10. The maximum atomic E-state index is 12.3. The number of para-hydroxylation sites is 1. The molecule has 0 spiro atoms. The number of pyridine rings is 2. The first-order valence-corrected chi connectivity index (χ1v) is 7.66. The summed E-state index contributed by atoms with van der Waals surface area (Å²) in [6, 6.07) is 17.4. The summed E-state index contributed by atoms with van der Waals surface area (Å²) in [4.78, 5) is 22.5. The fourth-order valence-electron chi connectivity index (χ4n) is 2.33. The van der Waals surface area contributed by atoms with Crippen LogP contribution in [0.25, 0.3) is 0 Å². The van der Waals surface area contributed by atoms with Gasteiger partial charge in [0.2, 0.25) is 0 Å². The topological polar surface area (TPSA) is 58.1 Å². The van der Waals surface area contributed by atoms with Gasteiger partial charge < -0.3 is 10.2 Å². The van der Waals surface area contributed by atoms with E-state index in [0.717, 1.165) is 16.9 Å². The van der Waals surface area contributed by atoms with Gasteiger partial charge in [-0.15, -0.1) is 0 Å². The molecule has 3 aromatic rings. The lowest BCUT2D eigenvalue weighted by Gasteiger charge is -2.19. The Kier molecular flexibility index (Phi) is 4.81. The monoisotopic (exact) mass is 318 g/mol. The normalized spacial score (nSPS) is 10.2. The molecular weight excluding hydrogens is 300 g/mol. The molecule has 0 aliphatic rings. The van der Waals surface area contributed by atoms with Crippen molar-refractivity contribution in [2.45, 2.75) is 6.54 Å². The molecule has 0 saturated heterocycles. The number of aromatic nitrogens is 2. The number of hydrogen-bond donors (Lipinski definition) is 1. The summed E-state index contributed by atoms with van der Waals surface area (Å²) < 4.78 is 0. The number of anilines is 2. The van der Waals surface area contributed by atoms with E-state index in [0.29, 0.717) is 12.2 Å². The molecule has 2 aromatic heterocycles. The molecule has 0 radical (unpaired) electrons. The zero-order chi connectivity index (χ0) is 16.8. The van der Waals surface area contributed by atoms with Gasteiger partial charge in [0.15, 0.2) is 0 Å². The van der Waals surface area contributed by atoms with Gasteiger partial charge in [0.25, 0.3) is 5.91 Å². The van der Waals surface area contributed by atoms with Crippen molar-refractivity contribution in [1.82, 2.24) is 15.3 Å². The third-order valence-corrected chi connectivity index (χ3v) is 3.71. The van der Waals surface area contributed by atoms with E-state index in [2.05, 4.69) is 15.3 Å². The van der Waals surface area contributed by atoms with E-state index in [1.165, 1.54) is 0 Å². The Labute approximate surface area is 141 Å². The van der Waals surface area contributed by atoms with Gasteiger partial charge in [-0.3, -0.25) is 14.8 Å². The largest absolute Gasteiger partial charge is 0.347 e. The number of hydrogen-bond acceptors (Lipinski definition) is 4. The Morgan fingerprint density at radius 2 is 1.75 bits per heavy atom. The van der Waals surface area contributed by atoms with Gasteiger partial charge in [-0.2, -0.15) is 0 Å². The van der Waals surface area contributed by atoms with Crippen LogP contribution in [0, 0.1) is 0 Å². The fraction of sp³-hybridized carbons (Fsp3) is 0.105. The predicted molar refractivity (Wildman–Crippen MR) is 94.1 cm³/mol. The van der Waals surface area contributed by atoms with Crippen LogP contribution < -0.4 is 10.2 Å². The van der Waals surface area contributed by atoms with E-state index in [1.54, 1.807) is 24.7 Å². The second-order valence-corrected chi connectivity index (χ2v) is 5.33. The number of carbonyl (C=O) groups excluding carboxylic acids is 1. The van der Waals surface area contributed by atoms with Gasteiger partial charge in [0.1, 0.15) is 5.69 Å². The minimum Gasteiger partial charge on any atom is -0.347 e. The van der Waals surface area contributed by atoms with Crippen LogP contribution >= 0.6 is 0 Å². The van der Waals surface area contributed by atoms with E-state index >= 15 is 0 Å². The Hall–Kier alpha value is -3.21. The summed E-state index contributed by atoms with van der Waals surface area (Å²) in [7, 11) is 1.96. The second kappa shape index (κ2) is 7.37. The molecule has 0 aliphatic carbocycles. The molecule has 5 heteroatoms. The lowest BCUT2D eigenvalue weighted by Crippen LogP contribution is -2.24. The molecule has 0 unspecified atom stereocenters. The summed E-state index contributed by atoms with van der Waals surface area (Å²) >= 11 is 0. The standard InChI is InChI=1S/C19H18N4O/c1-23(16-5-3-2-4-6-16)17-9-12-21-18(13-17)19(24)22-14-15-7-10-20-11-8-15/h2-13H,14H2,1H3,(H,22,24). The van der Waals surface area contributed by atoms with E-state index in [1.807, 2.05) is 60.5 Å². The van der Waals surface area contributed by atoms with Crippen molar-refractivity contribution in [3.05, 3.63) is 84.4 Å². The van der Waals surface area contributed by atoms with E-state index < -0.39 is 0 Å². The van der Waals surface area contributed by atoms with Crippen LogP contribution in [0.1, 0.15) is 16.1 Å². The highest BCUT2D eigenvalue weighted by molar-refractivity contribution is 5.93. The van der Waals surface area contributed by atoms with Gasteiger partial charge in [0.05, 0.1) is 0 Å². The molecular formula is C19H18N4O. The van der Waals surface area contributed by atoms with Crippen molar-refractivity contribution in [3.63, 3.8) is 0 Å². The van der Waals surface area contributed by atoms with Crippen LogP contribution in [0.3, 0.4) is 0 Å². The molecule has 2 heterocycles. The zero-order valence-corrected chi connectivity index (χ0v) is 13.4. The van der Waals surface area contributed by atoms with Gasteiger partial charge in [-0.05, 0) is 42.0 Å². The molecule has 0 bridgehead atoms. The minimum absolute atomic E-state index is 0.199. The average molecular weight is 318 g/mol.